The minimum atomic E-state index is -4.49. The third kappa shape index (κ3) is 5.78. The largest absolute Gasteiger partial charge is 0.468 e. The molecule has 3 rings (SSSR count). The van der Waals surface area contributed by atoms with Crippen molar-refractivity contribution in [2.75, 3.05) is 6.61 Å². The van der Waals surface area contributed by atoms with Crippen LogP contribution in [0.3, 0.4) is 0 Å². The SMILES string of the molecule is O=C(CCn1cnc2ccc(Br)cc2c1=O)NCc1cccnc1OCC(F)(F)F. The van der Waals surface area contributed by atoms with E-state index in [9.17, 15) is 22.8 Å². The fraction of sp³-hybridized carbons (Fsp3) is 0.263. The molecule has 0 radical (unpaired) electrons. The van der Waals surface area contributed by atoms with Crippen molar-refractivity contribution in [2.45, 2.75) is 25.7 Å². The molecule has 0 spiro atoms. The Kier molecular flexibility index (Phi) is 6.70. The van der Waals surface area contributed by atoms with Crippen molar-refractivity contribution in [2.24, 2.45) is 0 Å². The van der Waals surface area contributed by atoms with Crippen molar-refractivity contribution in [3.8, 4) is 5.88 Å². The third-order valence-electron chi connectivity index (χ3n) is 4.06. The Bertz CT molecular complexity index is 1120. The van der Waals surface area contributed by atoms with Crippen LogP contribution < -0.4 is 15.6 Å². The van der Waals surface area contributed by atoms with E-state index in [0.717, 1.165) is 4.47 Å². The zero-order chi connectivity index (χ0) is 21.7. The first kappa shape index (κ1) is 21.8. The van der Waals surface area contributed by atoms with Gasteiger partial charge < -0.3 is 10.1 Å². The van der Waals surface area contributed by atoms with Crippen molar-refractivity contribution in [1.29, 1.82) is 0 Å². The summed E-state index contributed by atoms with van der Waals surface area (Å²) >= 11 is 3.31. The summed E-state index contributed by atoms with van der Waals surface area (Å²) in [5.41, 5.74) is 0.584. The maximum atomic E-state index is 12.5. The Hall–Kier alpha value is -2.95. The highest BCUT2D eigenvalue weighted by Gasteiger charge is 2.29. The van der Waals surface area contributed by atoms with Crippen molar-refractivity contribution in [3.63, 3.8) is 0 Å². The summed E-state index contributed by atoms with van der Waals surface area (Å²) in [7, 11) is 0. The Morgan fingerprint density at radius 2 is 2.03 bits per heavy atom. The van der Waals surface area contributed by atoms with E-state index in [-0.39, 0.29) is 36.9 Å². The number of nitrogens with one attached hydrogen (secondary N) is 1. The quantitative estimate of drug-likeness (QED) is 0.556. The van der Waals surface area contributed by atoms with Crippen molar-refractivity contribution < 1.29 is 22.7 Å². The standard InChI is InChI=1S/C19H16BrF3N4O3/c20-13-3-4-15-14(8-13)18(29)27(11-26-15)7-5-16(28)25-9-12-2-1-6-24-17(12)30-10-19(21,22)23/h1-4,6,8,11H,5,7,9-10H2,(H,25,28). The zero-order valence-corrected chi connectivity index (χ0v) is 17.0. The van der Waals surface area contributed by atoms with Gasteiger partial charge >= 0.3 is 6.18 Å². The van der Waals surface area contributed by atoms with Crippen LogP contribution >= 0.6 is 15.9 Å². The number of benzene rings is 1. The van der Waals surface area contributed by atoms with Crippen LogP contribution in [0.4, 0.5) is 13.2 Å². The van der Waals surface area contributed by atoms with Crippen LogP contribution in [-0.2, 0) is 17.9 Å². The number of hydrogen-bond donors (Lipinski definition) is 1. The van der Waals surface area contributed by atoms with Crippen LogP contribution in [0.15, 0.2) is 52.1 Å². The van der Waals surface area contributed by atoms with E-state index < -0.39 is 12.8 Å². The molecule has 30 heavy (non-hydrogen) atoms. The van der Waals surface area contributed by atoms with Gasteiger partial charge in [-0.05, 0) is 24.3 Å². The lowest BCUT2D eigenvalue weighted by Crippen LogP contribution is -2.28. The summed E-state index contributed by atoms with van der Waals surface area (Å²) in [4.78, 5) is 32.6. The Morgan fingerprint density at radius 1 is 1.23 bits per heavy atom. The molecule has 158 valence electrons. The number of aryl methyl sites for hydroxylation is 1. The highest BCUT2D eigenvalue weighted by molar-refractivity contribution is 9.10. The van der Waals surface area contributed by atoms with Gasteiger partial charge in [-0.2, -0.15) is 13.2 Å². The van der Waals surface area contributed by atoms with Gasteiger partial charge in [-0.15, -0.1) is 0 Å². The molecule has 7 nitrogen and oxygen atoms in total. The van der Waals surface area contributed by atoms with E-state index in [0.29, 0.717) is 16.5 Å². The van der Waals surface area contributed by atoms with Crippen molar-refractivity contribution in [1.82, 2.24) is 19.9 Å². The van der Waals surface area contributed by atoms with Crippen molar-refractivity contribution in [3.05, 3.63) is 63.2 Å². The van der Waals surface area contributed by atoms with Crippen molar-refractivity contribution >= 4 is 32.7 Å². The van der Waals surface area contributed by atoms with Crippen LogP contribution in [0, 0.1) is 0 Å². The average molecular weight is 485 g/mol. The number of amides is 1. The summed E-state index contributed by atoms with van der Waals surface area (Å²) in [6.45, 7) is -1.43. The highest BCUT2D eigenvalue weighted by atomic mass is 79.9. The number of ether oxygens (including phenoxy) is 1. The van der Waals surface area contributed by atoms with Gasteiger partial charge in [-0.1, -0.05) is 22.0 Å². The number of nitrogens with zero attached hydrogens (tertiary/aromatic N) is 3. The molecular weight excluding hydrogens is 469 g/mol. The second-order valence-corrected chi connectivity index (χ2v) is 7.22. The van der Waals surface area contributed by atoms with Gasteiger partial charge in [0, 0.05) is 35.7 Å². The molecule has 3 aromatic rings. The molecule has 0 aliphatic heterocycles. The highest BCUT2D eigenvalue weighted by Crippen LogP contribution is 2.20. The zero-order valence-electron chi connectivity index (χ0n) is 15.4. The maximum absolute atomic E-state index is 12.5. The molecule has 0 saturated carbocycles. The lowest BCUT2D eigenvalue weighted by molar-refractivity contribution is -0.154. The number of carbonyl (C=O) groups is 1. The van der Waals surface area contributed by atoms with E-state index in [1.165, 1.54) is 29.2 Å². The van der Waals surface area contributed by atoms with Gasteiger partial charge in [0.15, 0.2) is 6.61 Å². The second kappa shape index (κ2) is 9.24. The minimum absolute atomic E-state index is 0.0138. The first-order valence-electron chi connectivity index (χ1n) is 8.78. The molecule has 1 aromatic carbocycles. The third-order valence-corrected chi connectivity index (χ3v) is 4.56. The predicted octanol–water partition coefficient (Wildman–Crippen LogP) is 3.20. The molecule has 2 aromatic heterocycles. The molecule has 0 bridgehead atoms. The lowest BCUT2D eigenvalue weighted by atomic mass is 10.2. The number of fused-ring (bicyclic) bond motifs is 1. The lowest BCUT2D eigenvalue weighted by Gasteiger charge is -2.12. The summed E-state index contributed by atoms with van der Waals surface area (Å²) < 4.78 is 43.8. The van der Waals surface area contributed by atoms with Crippen LogP contribution in [0.2, 0.25) is 0 Å². The predicted molar refractivity (Wildman–Crippen MR) is 106 cm³/mol. The summed E-state index contributed by atoms with van der Waals surface area (Å²) in [5.74, 6) is -0.586. The number of halogens is 4. The van der Waals surface area contributed by atoms with Crippen LogP contribution in [0.1, 0.15) is 12.0 Å². The van der Waals surface area contributed by atoms with E-state index in [1.54, 1.807) is 18.2 Å². The monoisotopic (exact) mass is 484 g/mol. The van der Waals surface area contributed by atoms with Gasteiger partial charge in [0.1, 0.15) is 0 Å². The summed E-state index contributed by atoms with van der Waals surface area (Å²) in [6.07, 6.45) is -1.83. The molecule has 0 atom stereocenters. The van der Waals surface area contributed by atoms with Gasteiger partial charge in [0.25, 0.3) is 5.56 Å². The Labute approximate surface area is 177 Å². The Balaban J connectivity index is 1.59. The molecule has 0 aliphatic rings. The minimum Gasteiger partial charge on any atom is -0.468 e. The molecule has 1 N–H and O–H groups in total. The molecule has 0 saturated heterocycles. The first-order valence-corrected chi connectivity index (χ1v) is 9.57. The second-order valence-electron chi connectivity index (χ2n) is 6.30. The van der Waals surface area contributed by atoms with Gasteiger partial charge in [0.05, 0.1) is 17.2 Å². The smallest absolute Gasteiger partial charge is 0.422 e. The number of rotatable bonds is 7. The molecule has 1 amide bonds. The number of pyridine rings is 1. The molecular formula is C19H16BrF3N4O3. The Morgan fingerprint density at radius 3 is 2.80 bits per heavy atom. The van der Waals surface area contributed by atoms with Gasteiger partial charge in [-0.3, -0.25) is 14.2 Å². The number of hydrogen-bond acceptors (Lipinski definition) is 5. The first-order chi connectivity index (χ1) is 14.2. The van der Waals surface area contributed by atoms with E-state index in [2.05, 4.69) is 36.0 Å². The molecule has 0 unspecified atom stereocenters. The summed E-state index contributed by atoms with van der Waals surface area (Å²) in [5, 5.41) is 3.01. The normalized spacial score (nSPS) is 11.5. The molecule has 11 heteroatoms. The number of carbonyl (C=O) groups excluding carboxylic acids is 1. The molecule has 2 heterocycles. The maximum Gasteiger partial charge on any atom is 0.422 e. The fourth-order valence-electron chi connectivity index (χ4n) is 2.63. The van der Waals surface area contributed by atoms with Crippen LogP contribution in [0.5, 0.6) is 5.88 Å². The van der Waals surface area contributed by atoms with E-state index >= 15 is 0 Å². The van der Waals surface area contributed by atoms with Crippen LogP contribution in [0.25, 0.3) is 10.9 Å². The van der Waals surface area contributed by atoms with Gasteiger partial charge in [0.2, 0.25) is 11.8 Å². The molecule has 0 fully saturated rings. The van der Waals surface area contributed by atoms with E-state index in [4.69, 9.17) is 0 Å². The topological polar surface area (TPSA) is 86.1 Å². The number of aromatic nitrogens is 3. The average Bonchev–Trinajstić information content (AvgIpc) is 2.70. The van der Waals surface area contributed by atoms with E-state index in [1.807, 2.05) is 0 Å². The molecule has 0 aliphatic carbocycles. The number of alkyl halides is 3. The van der Waals surface area contributed by atoms with Crippen LogP contribution in [-0.4, -0.2) is 33.2 Å². The van der Waals surface area contributed by atoms with Gasteiger partial charge in [-0.25, -0.2) is 9.97 Å². The summed E-state index contributed by atoms with van der Waals surface area (Å²) in [6, 6.07) is 8.18. The fourth-order valence-corrected chi connectivity index (χ4v) is 2.99.